The van der Waals surface area contributed by atoms with Crippen LogP contribution in [0.1, 0.15) is 52.2 Å². The number of hydrogen-bond acceptors (Lipinski definition) is 5. The third kappa shape index (κ3) is 4.55. The summed E-state index contributed by atoms with van der Waals surface area (Å²) in [5, 5.41) is 3.12. The van der Waals surface area contributed by atoms with Crippen molar-refractivity contribution >= 4 is 27.3 Å². The number of nitrogens with one attached hydrogen (secondary N) is 1. The van der Waals surface area contributed by atoms with Gasteiger partial charge in [-0.25, -0.2) is 8.42 Å². The molecule has 2 aromatic rings. The lowest BCUT2D eigenvalue weighted by atomic mass is 10.1. The van der Waals surface area contributed by atoms with Gasteiger partial charge in [-0.2, -0.15) is 4.31 Å². The van der Waals surface area contributed by atoms with Crippen LogP contribution >= 0.6 is 11.3 Å². The zero-order valence-electron chi connectivity index (χ0n) is 17.2. The fraction of sp³-hybridized carbons (Fsp3) is 0.500. The van der Waals surface area contributed by atoms with Crippen molar-refractivity contribution in [3.63, 3.8) is 0 Å². The Balaban J connectivity index is 1.34. The van der Waals surface area contributed by atoms with Crippen molar-refractivity contribution < 1.29 is 17.9 Å². The summed E-state index contributed by atoms with van der Waals surface area (Å²) in [7, 11) is -1.98. The van der Waals surface area contributed by atoms with Gasteiger partial charge in [-0.15, -0.1) is 11.3 Å². The van der Waals surface area contributed by atoms with Gasteiger partial charge in [0.1, 0.15) is 5.75 Å². The second kappa shape index (κ2) is 9.08. The van der Waals surface area contributed by atoms with E-state index in [1.165, 1.54) is 34.0 Å². The van der Waals surface area contributed by atoms with Crippen LogP contribution < -0.4 is 10.1 Å². The maximum absolute atomic E-state index is 12.9. The molecule has 1 fully saturated rings. The number of amides is 1. The molecule has 0 bridgehead atoms. The Morgan fingerprint density at radius 3 is 2.50 bits per heavy atom. The number of thiophene rings is 1. The standard InChI is InChI=1S/C22H28N2O4S2/c1-28-18-7-9-19(10-8-18)30(26,27)24-13-11-17(12-14-24)23-22(25)21-15-16-5-3-2-4-6-20(16)29-21/h7-10,15,17H,2-6,11-14H2,1H3,(H,23,25). The van der Waals surface area contributed by atoms with Crippen LogP contribution in [0.4, 0.5) is 0 Å². The normalized spacial score (nSPS) is 18.4. The Morgan fingerprint density at radius 2 is 1.80 bits per heavy atom. The molecule has 0 atom stereocenters. The summed E-state index contributed by atoms with van der Waals surface area (Å²) in [5.41, 5.74) is 1.34. The molecule has 2 heterocycles. The van der Waals surface area contributed by atoms with Gasteiger partial charge < -0.3 is 10.1 Å². The van der Waals surface area contributed by atoms with Gasteiger partial charge in [0.05, 0.1) is 16.9 Å². The quantitative estimate of drug-likeness (QED) is 0.709. The molecule has 2 aliphatic rings. The van der Waals surface area contributed by atoms with E-state index in [0.29, 0.717) is 31.7 Å². The minimum atomic E-state index is -3.53. The number of aryl methyl sites for hydroxylation is 2. The Bertz CT molecular complexity index is 967. The minimum Gasteiger partial charge on any atom is -0.497 e. The summed E-state index contributed by atoms with van der Waals surface area (Å²) in [6, 6.07) is 8.52. The SMILES string of the molecule is COc1ccc(S(=O)(=O)N2CCC(NC(=O)c3cc4c(s3)CCCCC4)CC2)cc1. The number of benzene rings is 1. The van der Waals surface area contributed by atoms with Gasteiger partial charge in [0.2, 0.25) is 10.0 Å². The first-order valence-corrected chi connectivity index (χ1v) is 12.8. The molecule has 6 nitrogen and oxygen atoms in total. The smallest absolute Gasteiger partial charge is 0.261 e. The van der Waals surface area contributed by atoms with Crippen molar-refractivity contribution in [3.05, 3.63) is 45.6 Å². The van der Waals surface area contributed by atoms with Gasteiger partial charge in [0.25, 0.3) is 5.91 Å². The van der Waals surface area contributed by atoms with Crippen molar-refractivity contribution in [1.82, 2.24) is 9.62 Å². The number of fused-ring (bicyclic) bond motifs is 1. The highest BCUT2D eigenvalue weighted by Crippen LogP contribution is 2.29. The maximum Gasteiger partial charge on any atom is 0.261 e. The van der Waals surface area contributed by atoms with Crippen molar-refractivity contribution in [2.24, 2.45) is 0 Å². The summed E-state index contributed by atoms with van der Waals surface area (Å²) in [6.07, 6.45) is 7.05. The number of hydrogen-bond donors (Lipinski definition) is 1. The maximum atomic E-state index is 12.9. The Kier molecular flexibility index (Phi) is 6.46. The molecule has 1 aromatic carbocycles. The topological polar surface area (TPSA) is 75.7 Å². The Labute approximate surface area is 182 Å². The van der Waals surface area contributed by atoms with E-state index < -0.39 is 10.0 Å². The molecule has 0 spiro atoms. The molecule has 4 rings (SSSR count). The predicted molar refractivity (Wildman–Crippen MR) is 118 cm³/mol. The average Bonchev–Trinajstić information content (AvgIpc) is 3.05. The molecule has 1 saturated heterocycles. The number of ether oxygens (including phenoxy) is 1. The number of carbonyl (C=O) groups is 1. The molecule has 0 unspecified atom stereocenters. The van der Waals surface area contributed by atoms with Crippen molar-refractivity contribution in [3.8, 4) is 5.75 Å². The number of nitrogens with zero attached hydrogens (tertiary/aromatic N) is 1. The van der Waals surface area contributed by atoms with Gasteiger partial charge in [0, 0.05) is 24.0 Å². The first kappa shape index (κ1) is 21.3. The first-order valence-electron chi connectivity index (χ1n) is 10.5. The molecule has 0 saturated carbocycles. The van der Waals surface area contributed by atoms with Gasteiger partial charge in [-0.3, -0.25) is 4.79 Å². The highest BCUT2D eigenvalue weighted by Gasteiger charge is 2.30. The molecule has 1 amide bonds. The van der Waals surface area contributed by atoms with Gasteiger partial charge in [-0.05, 0) is 74.4 Å². The molecule has 30 heavy (non-hydrogen) atoms. The number of piperidine rings is 1. The third-order valence-electron chi connectivity index (χ3n) is 5.96. The summed E-state index contributed by atoms with van der Waals surface area (Å²) >= 11 is 1.62. The lowest BCUT2D eigenvalue weighted by Gasteiger charge is -2.31. The zero-order valence-corrected chi connectivity index (χ0v) is 18.9. The summed E-state index contributed by atoms with van der Waals surface area (Å²) in [4.78, 5) is 15.1. The minimum absolute atomic E-state index is 0.00160. The molecule has 1 aromatic heterocycles. The van der Waals surface area contributed by atoms with E-state index in [1.807, 2.05) is 0 Å². The van der Waals surface area contributed by atoms with Crippen molar-refractivity contribution in [2.45, 2.75) is 55.9 Å². The lowest BCUT2D eigenvalue weighted by molar-refractivity contribution is 0.0928. The van der Waals surface area contributed by atoms with E-state index in [4.69, 9.17) is 4.74 Å². The van der Waals surface area contributed by atoms with E-state index in [1.54, 1.807) is 42.7 Å². The Hall–Kier alpha value is -1.90. The summed E-state index contributed by atoms with van der Waals surface area (Å²) < 4.78 is 32.4. The van der Waals surface area contributed by atoms with Crippen LogP contribution in [0.2, 0.25) is 0 Å². The molecular formula is C22H28N2O4S2. The predicted octanol–water partition coefficient (Wildman–Crippen LogP) is 3.61. The Morgan fingerprint density at radius 1 is 1.10 bits per heavy atom. The lowest BCUT2D eigenvalue weighted by Crippen LogP contribution is -2.46. The van der Waals surface area contributed by atoms with E-state index in [0.717, 1.165) is 17.7 Å². The number of carbonyl (C=O) groups excluding carboxylic acids is 1. The van der Waals surface area contributed by atoms with Crippen LogP contribution in [0.15, 0.2) is 35.2 Å². The fourth-order valence-corrected chi connectivity index (χ4v) is 6.80. The second-order valence-electron chi connectivity index (χ2n) is 7.95. The van der Waals surface area contributed by atoms with E-state index >= 15 is 0 Å². The molecule has 1 aliphatic heterocycles. The monoisotopic (exact) mass is 448 g/mol. The number of methoxy groups -OCH3 is 1. The van der Waals surface area contributed by atoms with Gasteiger partial charge in [0.15, 0.2) is 0 Å². The van der Waals surface area contributed by atoms with Crippen LogP contribution in [0, 0.1) is 0 Å². The van der Waals surface area contributed by atoms with Crippen LogP contribution in [-0.2, 0) is 22.9 Å². The van der Waals surface area contributed by atoms with E-state index in [2.05, 4.69) is 11.4 Å². The molecule has 162 valence electrons. The van der Waals surface area contributed by atoms with E-state index in [9.17, 15) is 13.2 Å². The summed E-state index contributed by atoms with van der Waals surface area (Å²) in [6.45, 7) is 0.806. The van der Waals surface area contributed by atoms with Gasteiger partial charge in [-0.1, -0.05) is 6.42 Å². The van der Waals surface area contributed by atoms with E-state index in [-0.39, 0.29) is 16.8 Å². The van der Waals surface area contributed by atoms with Crippen LogP contribution in [-0.4, -0.2) is 44.9 Å². The zero-order chi connectivity index (χ0) is 21.1. The highest BCUT2D eigenvalue weighted by atomic mass is 32.2. The second-order valence-corrected chi connectivity index (χ2v) is 11.0. The third-order valence-corrected chi connectivity index (χ3v) is 9.11. The van der Waals surface area contributed by atoms with Crippen molar-refractivity contribution in [1.29, 1.82) is 0 Å². The van der Waals surface area contributed by atoms with Crippen molar-refractivity contribution in [2.75, 3.05) is 20.2 Å². The van der Waals surface area contributed by atoms with Gasteiger partial charge >= 0.3 is 0 Å². The van der Waals surface area contributed by atoms with Crippen LogP contribution in [0.3, 0.4) is 0 Å². The summed E-state index contributed by atoms with van der Waals surface area (Å²) in [5.74, 6) is 0.603. The highest BCUT2D eigenvalue weighted by molar-refractivity contribution is 7.89. The average molecular weight is 449 g/mol. The molecule has 0 radical (unpaired) electrons. The largest absolute Gasteiger partial charge is 0.497 e. The molecule has 1 N–H and O–H groups in total. The number of sulfonamides is 1. The molecule has 8 heteroatoms. The molecule has 1 aliphatic carbocycles. The van der Waals surface area contributed by atoms with Crippen LogP contribution in [0.25, 0.3) is 0 Å². The molecular weight excluding hydrogens is 420 g/mol. The number of rotatable bonds is 5. The first-order chi connectivity index (χ1) is 14.5. The fourth-order valence-electron chi connectivity index (χ4n) is 4.17. The van der Waals surface area contributed by atoms with Crippen LogP contribution in [0.5, 0.6) is 5.75 Å².